The number of nitrogens with zero attached hydrogens (tertiary/aromatic N) is 4. The predicted octanol–water partition coefficient (Wildman–Crippen LogP) is 5.18. The third-order valence-corrected chi connectivity index (χ3v) is 7.18. The first kappa shape index (κ1) is 25.0. The Morgan fingerprint density at radius 2 is 1.84 bits per heavy atom. The summed E-state index contributed by atoms with van der Waals surface area (Å²) in [6.07, 6.45) is 1.28. The molecule has 5 rings (SSSR count). The van der Waals surface area contributed by atoms with Crippen molar-refractivity contribution in [1.82, 2.24) is 19.8 Å². The second-order valence-corrected chi connectivity index (χ2v) is 9.82. The van der Waals surface area contributed by atoms with Gasteiger partial charge < -0.3 is 15.1 Å². The monoisotopic (exact) mass is 511 g/mol. The minimum atomic E-state index is -4.66. The van der Waals surface area contributed by atoms with Crippen LogP contribution in [0.1, 0.15) is 49.3 Å². The van der Waals surface area contributed by atoms with Crippen LogP contribution in [0.3, 0.4) is 0 Å². The molecular formula is C27H28F3N5O2. The molecule has 3 aromatic rings. The maximum Gasteiger partial charge on any atom is 0.413 e. The van der Waals surface area contributed by atoms with Crippen molar-refractivity contribution in [2.24, 2.45) is 5.92 Å². The van der Waals surface area contributed by atoms with Crippen molar-refractivity contribution in [2.75, 3.05) is 25.5 Å². The van der Waals surface area contributed by atoms with Crippen molar-refractivity contribution in [3.63, 3.8) is 0 Å². The van der Waals surface area contributed by atoms with Crippen molar-refractivity contribution in [3.8, 4) is 0 Å². The Hall–Kier alpha value is -3.69. The molecule has 1 saturated carbocycles. The summed E-state index contributed by atoms with van der Waals surface area (Å²) < 4.78 is 42.5. The lowest BCUT2D eigenvalue weighted by atomic mass is 10.0. The van der Waals surface area contributed by atoms with E-state index in [1.54, 1.807) is 24.5 Å². The molecule has 3 heterocycles. The van der Waals surface area contributed by atoms with Crippen molar-refractivity contribution in [1.29, 1.82) is 0 Å². The van der Waals surface area contributed by atoms with Gasteiger partial charge in [0.15, 0.2) is 6.04 Å². The summed E-state index contributed by atoms with van der Waals surface area (Å²) in [5.74, 6) is -1.06. The van der Waals surface area contributed by atoms with Gasteiger partial charge in [0.25, 0.3) is 0 Å². The topological polar surface area (TPSA) is 78.4 Å². The molecule has 0 spiro atoms. The van der Waals surface area contributed by atoms with Gasteiger partial charge in [-0.2, -0.15) is 13.2 Å². The number of carbonyl (C=O) groups is 2. The Morgan fingerprint density at radius 1 is 1.11 bits per heavy atom. The lowest BCUT2D eigenvalue weighted by Gasteiger charge is -2.32. The van der Waals surface area contributed by atoms with Gasteiger partial charge in [-0.1, -0.05) is 12.1 Å². The summed E-state index contributed by atoms with van der Waals surface area (Å²) in [6.45, 7) is 1.91. The quantitative estimate of drug-likeness (QED) is 0.493. The first-order valence-corrected chi connectivity index (χ1v) is 12.3. The third-order valence-electron chi connectivity index (χ3n) is 7.18. The van der Waals surface area contributed by atoms with Crippen LogP contribution in [0.4, 0.5) is 24.5 Å². The summed E-state index contributed by atoms with van der Waals surface area (Å²) >= 11 is 0. The molecule has 194 valence electrons. The second kappa shape index (κ2) is 9.64. The van der Waals surface area contributed by atoms with Crippen LogP contribution in [0.15, 0.2) is 48.8 Å². The normalized spacial score (nSPS) is 18.6. The lowest BCUT2D eigenvalue weighted by molar-refractivity contribution is -0.190. The number of amides is 2. The summed E-state index contributed by atoms with van der Waals surface area (Å²) in [5, 5.41) is 3.30. The predicted molar refractivity (Wildman–Crippen MR) is 133 cm³/mol. The summed E-state index contributed by atoms with van der Waals surface area (Å²) in [6, 6.07) is 7.61. The molecule has 37 heavy (non-hydrogen) atoms. The number of halogens is 3. The molecular weight excluding hydrogens is 483 g/mol. The Bertz CT molecular complexity index is 1320. The van der Waals surface area contributed by atoms with E-state index < -0.39 is 24.0 Å². The van der Waals surface area contributed by atoms with Crippen LogP contribution in [0.25, 0.3) is 11.0 Å². The average molecular weight is 512 g/mol. The van der Waals surface area contributed by atoms with E-state index in [0.717, 1.165) is 40.0 Å². The number of carbonyl (C=O) groups excluding carboxylic acids is 2. The first-order valence-electron chi connectivity index (χ1n) is 12.3. The van der Waals surface area contributed by atoms with Crippen molar-refractivity contribution >= 4 is 34.2 Å². The first-order chi connectivity index (χ1) is 17.6. The largest absolute Gasteiger partial charge is 0.413 e. The van der Waals surface area contributed by atoms with Gasteiger partial charge in [0.1, 0.15) is 0 Å². The SMILES string of the molecule is CC(=O)N1CCC(C(=O)N(C)[C@@H](c2ccc(Nc3cnc4cccnc4c3C3CC3)cc2)C(F)(F)F)C1. The van der Waals surface area contributed by atoms with Gasteiger partial charge in [0.05, 0.1) is 28.8 Å². The molecule has 10 heteroatoms. The maximum absolute atomic E-state index is 14.2. The van der Waals surface area contributed by atoms with Crippen molar-refractivity contribution in [3.05, 3.63) is 59.9 Å². The van der Waals surface area contributed by atoms with Crippen molar-refractivity contribution < 1.29 is 22.8 Å². The highest BCUT2D eigenvalue weighted by Crippen LogP contribution is 2.46. The fourth-order valence-corrected chi connectivity index (χ4v) is 5.12. The Balaban J connectivity index is 1.37. The van der Waals surface area contributed by atoms with E-state index in [4.69, 9.17) is 0 Å². The van der Waals surface area contributed by atoms with Gasteiger partial charge in [0, 0.05) is 44.5 Å². The number of hydrogen-bond donors (Lipinski definition) is 1. The van der Waals surface area contributed by atoms with E-state index in [0.29, 0.717) is 24.6 Å². The molecule has 1 unspecified atom stereocenters. The van der Waals surface area contributed by atoms with Gasteiger partial charge in [-0.15, -0.1) is 0 Å². The van der Waals surface area contributed by atoms with Gasteiger partial charge >= 0.3 is 6.18 Å². The van der Waals surface area contributed by atoms with Crippen LogP contribution in [-0.4, -0.2) is 57.9 Å². The fraction of sp³-hybridized carbons (Fsp3) is 0.407. The van der Waals surface area contributed by atoms with E-state index in [-0.39, 0.29) is 18.0 Å². The van der Waals surface area contributed by atoms with Gasteiger partial charge in [-0.05, 0) is 55.0 Å². The van der Waals surface area contributed by atoms with Crippen LogP contribution >= 0.6 is 0 Å². The Morgan fingerprint density at radius 3 is 2.46 bits per heavy atom. The van der Waals surface area contributed by atoms with Crippen LogP contribution < -0.4 is 5.32 Å². The van der Waals surface area contributed by atoms with E-state index in [1.807, 2.05) is 12.1 Å². The van der Waals surface area contributed by atoms with Crippen LogP contribution in [-0.2, 0) is 9.59 Å². The summed E-state index contributed by atoms with van der Waals surface area (Å²) in [4.78, 5) is 35.8. The van der Waals surface area contributed by atoms with Gasteiger partial charge in [0.2, 0.25) is 11.8 Å². The zero-order chi connectivity index (χ0) is 26.3. The molecule has 1 aromatic carbocycles. The zero-order valence-corrected chi connectivity index (χ0v) is 20.6. The van der Waals surface area contributed by atoms with E-state index in [9.17, 15) is 22.8 Å². The molecule has 2 fully saturated rings. The minimum Gasteiger partial charge on any atom is -0.354 e. The summed E-state index contributed by atoms with van der Waals surface area (Å²) in [7, 11) is 1.18. The molecule has 7 nitrogen and oxygen atoms in total. The standard InChI is InChI=1S/C27H28F3N5O2/c1-16(36)35-13-11-19(15-35)26(37)34(2)25(27(28,29)30)18-7-9-20(10-8-18)33-22-14-32-21-4-3-12-31-24(21)23(22)17-5-6-17/h3-4,7-10,12,14,17,19,25,33H,5-6,11,13,15H2,1-2H3/t19?,25-/m0/s1. The number of hydrogen-bond acceptors (Lipinski definition) is 5. The van der Waals surface area contributed by atoms with E-state index >= 15 is 0 Å². The Labute approximate surface area is 212 Å². The molecule has 1 aliphatic carbocycles. The summed E-state index contributed by atoms with van der Waals surface area (Å²) in [5.41, 5.74) is 4.09. The maximum atomic E-state index is 14.2. The highest BCUT2D eigenvalue weighted by atomic mass is 19.4. The number of pyridine rings is 2. The highest BCUT2D eigenvalue weighted by molar-refractivity contribution is 5.85. The van der Waals surface area contributed by atoms with Crippen LogP contribution in [0, 0.1) is 5.92 Å². The second-order valence-electron chi connectivity index (χ2n) is 9.82. The fourth-order valence-electron chi connectivity index (χ4n) is 5.12. The smallest absolute Gasteiger partial charge is 0.354 e. The molecule has 2 aromatic heterocycles. The molecule has 1 N–H and O–H groups in total. The van der Waals surface area contributed by atoms with Gasteiger partial charge in [-0.3, -0.25) is 19.6 Å². The molecule has 2 atom stereocenters. The number of fused-ring (bicyclic) bond motifs is 1. The molecule has 0 radical (unpaired) electrons. The highest BCUT2D eigenvalue weighted by Gasteiger charge is 2.47. The zero-order valence-electron chi connectivity index (χ0n) is 20.6. The van der Waals surface area contributed by atoms with Crippen LogP contribution in [0.2, 0.25) is 0 Å². The van der Waals surface area contributed by atoms with Crippen LogP contribution in [0.5, 0.6) is 0 Å². The molecule has 2 amide bonds. The number of rotatable bonds is 6. The number of anilines is 2. The third kappa shape index (κ3) is 5.10. The van der Waals surface area contributed by atoms with E-state index in [1.165, 1.54) is 31.0 Å². The Kier molecular flexibility index (Phi) is 6.51. The van der Waals surface area contributed by atoms with Gasteiger partial charge in [-0.25, -0.2) is 0 Å². The number of benzene rings is 1. The number of alkyl halides is 3. The number of likely N-dealkylation sites (tertiary alicyclic amines) is 1. The molecule has 1 aliphatic heterocycles. The minimum absolute atomic E-state index is 0.0314. The molecule has 2 aliphatic rings. The lowest BCUT2D eigenvalue weighted by Crippen LogP contribution is -2.43. The number of aromatic nitrogens is 2. The average Bonchev–Trinajstić information content (AvgIpc) is 3.57. The molecule has 0 bridgehead atoms. The van der Waals surface area contributed by atoms with E-state index in [2.05, 4.69) is 15.3 Å². The number of nitrogens with one attached hydrogen (secondary N) is 1. The van der Waals surface area contributed by atoms with Crippen molar-refractivity contribution in [2.45, 2.75) is 44.3 Å². The molecule has 1 saturated heterocycles.